The summed E-state index contributed by atoms with van der Waals surface area (Å²) in [7, 11) is 1.38. The summed E-state index contributed by atoms with van der Waals surface area (Å²) < 4.78 is 4.74. The molecule has 0 bridgehead atoms. The molecule has 2 nitrogen and oxygen atoms in total. The summed E-state index contributed by atoms with van der Waals surface area (Å²) >= 11 is 0. The minimum atomic E-state index is -0.354. The second kappa shape index (κ2) is 8.14. The quantitative estimate of drug-likeness (QED) is 0.567. The number of hydrogen-bond donors (Lipinski definition) is 0. The molecule has 1 unspecified atom stereocenters. The van der Waals surface area contributed by atoms with Gasteiger partial charge in [0, 0.05) is 12.0 Å². The molecule has 0 heterocycles. The van der Waals surface area contributed by atoms with E-state index in [0.29, 0.717) is 12.0 Å². The zero-order valence-electron chi connectivity index (χ0n) is 13.7. The third-order valence-corrected chi connectivity index (χ3v) is 3.80. The average molecular weight is 306 g/mol. The van der Waals surface area contributed by atoms with Crippen molar-refractivity contribution in [3.63, 3.8) is 0 Å². The Hall–Kier alpha value is -2.61. The van der Waals surface area contributed by atoms with Crippen molar-refractivity contribution in [2.24, 2.45) is 0 Å². The molecule has 0 aliphatic heterocycles. The van der Waals surface area contributed by atoms with Gasteiger partial charge in [0.05, 0.1) is 7.11 Å². The Morgan fingerprint density at radius 2 is 1.78 bits per heavy atom. The van der Waals surface area contributed by atoms with Crippen LogP contribution >= 0.6 is 0 Å². The van der Waals surface area contributed by atoms with Crippen LogP contribution in [0, 0.1) is 0 Å². The number of allylic oxidation sites excluding steroid dienone is 1. The SMILES string of the molecule is C=C(Cc1ccccc1C(C)/C=C/c1ccccc1)C(=O)OC. The van der Waals surface area contributed by atoms with Gasteiger partial charge >= 0.3 is 5.97 Å². The van der Waals surface area contributed by atoms with E-state index >= 15 is 0 Å². The van der Waals surface area contributed by atoms with Gasteiger partial charge in [-0.05, 0) is 22.6 Å². The molecule has 0 N–H and O–H groups in total. The fourth-order valence-corrected chi connectivity index (χ4v) is 2.51. The van der Waals surface area contributed by atoms with Crippen LogP contribution < -0.4 is 0 Å². The molecular formula is C21H22O2. The molecule has 1 atom stereocenters. The van der Waals surface area contributed by atoms with Gasteiger partial charge in [0.2, 0.25) is 0 Å². The Labute approximate surface area is 138 Å². The van der Waals surface area contributed by atoms with E-state index in [1.54, 1.807) is 0 Å². The maximum Gasteiger partial charge on any atom is 0.333 e. The van der Waals surface area contributed by atoms with E-state index in [2.05, 4.69) is 43.9 Å². The first-order chi connectivity index (χ1) is 11.1. The number of carbonyl (C=O) groups is 1. The van der Waals surface area contributed by atoms with Gasteiger partial charge in [-0.1, -0.05) is 80.3 Å². The molecule has 2 rings (SSSR count). The summed E-state index contributed by atoms with van der Waals surface area (Å²) in [5.41, 5.74) is 3.95. The largest absolute Gasteiger partial charge is 0.466 e. The van der Waals surface area contributed by atoms with E-state index in [1.165, 1.54) is 18.2 Å². The Balaban J connectivity index is 2.17. The minimum Gasteiger partial charge on any atom is -0.466 e. The molecule has 0 aromatic heterocycles. The normalized spacial score (nSPS) is 12.1. The summed E-state index contributed by atoms with van der Waals surface area (Å²) in [5.74, 6) is -0.107. The van der Waals surface area contributed by atoms with Gasteiger partial charge in [-0.3, -0.25) is 0 Å². The fourth-order valence-electron chi connectivity index (χ4n) is 2.51. The summed E-state index contributed by atoms with van der Waals surface area (Å²) in [4.78, 5) is 11.6. The standard InChI is InChI=1S/C21H22O2/c1-16(13-14-18-9-5-4-6-10-18)20-12-8-7-11-19(20)15-17(2)21(22)23-3/h4-14,16H,2,15H2,1,3H3/b14-13+. The number of hydrogen-bond acceptors (Lipinski definition) is 2. The van der Waals surface area contributed by atoms with E-state index in [0.717, 1.165) is 5.56 Å². The van der Waals surface area contributed by atoms with E-state index in [9.17, 15) is 4.79 Å². The predicted octanol–water partition coefficient (Wildman–Crippen LogP) is 4.78. The van der Waals surface area contributed by atoms with Crippen LogP contribution in [-0.4, -0.2) is 13.1 Å². The van der Waals surface area contributed by atoms with E-state index in [-0.39, 0.29) is 11.9 Å². The van der Waals surface area contributed by atoms with Gasteiger partial charge in [0.15, 0.2) is 0 Å². The Morgan fingerprint density at radius 1 is 1.13 bits per heavy atom. The number of esters is 1. The zero-order valence-corrected chi connectivity index (χ0v) is 13.7. The number of benzene rings is 2. The molecule has 0 amide bonds. The van der Waals surface area contributed by atoms with Crippen LogP contribution in [-0.2, 0) is 16.0 Å². The third kappa shape index (κ3) is 4.68. The molecule has 23 heavy (non-hydrogen) atoms. The van der Waals surface area contributed by atoms with Crippen LogP contribution in [0.3, 0.4) is 0 Å². The Bertz CT molecular complexity index is 699. The minimum absolute atomic E-state index is 0.247. The van der Waals surface area contributed by atoms with Crippen LogP contribution in [0.15, 0.2) is 72.8 Å². The van der Waals surface area contributed by atoms with Crippen LogP contribution in [0.4, 0.5) is 0 Å². The lowest BCUT2D eigenvalue weighted by Gasteiger charge is -2.14. The lowest BCUT2D eigenvalue weighted by molar-refractivity contribution is -0.136. The highest BCUT2D eigenvalue weighted by molar-refractivity contribution is 5.88. The summed E-state index contributed by atoms with van der Waals surface area (Å²) in [6, 6.07) is 18.4. The zero-order chi connectivity index (χ0) is 16.7. The summed E-state index contributed by atoms with van der Waals surface area (Å²) in [5, 5.41) is 0. The van der Waals surface area contributed by atoms with Crippen molar-refractivity contribution >= 4 is 12.0 Å². The van der Waals surface area contributed by atoms with Crippen LogP contribution in [0.2, 0.25) is 0 Å². The monoisotopic (exact) mass is 306 g/mol. The summed E-state index contributed by atoms with van der Waals surface area (Å²) in [6.45, 7) is 5.97. The molecule has 118 valence electrons. The molecule has 2 aromatic carbocycles. The highest BCUT2D eigenvalue weighted by Gasteiger charge is 2.12. The summed E-state index contributed by atoms with van der Waals surface area (Å²) in [6.07, 6.45) is 4.80. The highest BCUT2D eigenvalue weighted by Crippen LogP contribution is 2.24. The van der Waals surface area contributed by atoms with Gasteiger partial charge in [0.25, 0.3) is 0 Å². The van der Waals surface area contributed by atoms with Crippen LogP contribution in [0.5, 0.6) is 0 Å². The predicted molar refractivity (Wildman–Crippen MR) is 95.2 cm³/mol. The number of methoxy groups -OCH3 is 1. The molecule has 0 aliphatic carbocycles. The topological polar surface area (TPSA) is 26.3 Å². The molecule has 0 aliphatic rings. The average Bonchev–Trinajstić information content (AvgIpc) is 2.60. The van der Waals surface area contributed by atoms with Crippen LogP contribution in [0.25, 0.3) is 6.08 Å². The lowest BCUT2D eigenvalue weighted by atomic mass is 9.91. The van der Waals surface area contributed by atoms with Crippen molar-refractivity contribution in [1.82, 2.24) is 0 Å². The van der Waals surface area contributed by atoms with E-state index in [4.69, 9.17) is 4.74 Å². The molecule has 0 saturated heterocycles. The van der Waals surface area contributed by atoms with Gasteiger partial charge in [-0.2, -0.15) is 0 Å². The maximum absolute atomic E-state index is 11.6. The van der Waals surface area contributed by atoms with Crippen molar-refractivity contribution in [2.45, 2.75) is 19.3 Å². The van der Waals surface area contributed by atoms with Crippen molar-refractivity contribution in [2.75, 3.05) is 7.11 Å². The first-order valence-electron chi connectivity index (χ1n) is 7.69. The van der Waals surface area contributed by atoms with Gasteiger partial charge in [-0.25, -0.2) is 4.79 Å². The Kier molecular flexibility index (Phi) is 5.93. The second-order valence-corrected chi connectivity index (χ2v) is 5.53. The molecule has 0 saturated carbocycles. The van der Waals surface area contributed by atoms with E-state index < -0.39 is 0 Å². The second-order valence-electron chi connectivity index (χ2n) is 5.53. The fraction of sp³-hybridized carbons (Fsp3) is 0.190. The highest BCUT2D eigenvalue weighted by atomic mass is 16.5. The molecule has 0 radical (unpaired) electrons. The molecule has 2 aromatic rings. The maximum atomic E-state index is 11.6. The Morgan fingerprint density at radius 3 is 2.48 bits per heavy atom. The molecule has 0 fully saturated rings. The van der Waals surface area contributed by atoms with Crippen molar-refractivity contribution in [3.8, 4) is 0 Å². The smallest absolute Gasteiger partial charge is 0.333 e. The number of carbonyl (C=O) groups excluding carboxylic acids is 1. The van der Waals surface area contributed by atoms with Crippen molar-refractivity contribution in [1.29, 1.82) is 0 Å². The first-order valence-corrected chi connectivity index (χ1v) is 7.69. The van der Waals surface area contributed by atoms with Gasteiger partial charge in [0.1, 0.15) is 0 Å². The molecular weight excluding hydrogens is 284 g/mol. The van der Waals surface area contributed by atoms with Gasteiger partial charge < -0.3 is 4.74 Å². The molecule has 2 heteroatoms. The first kappa shape index (κ1) is 16.8. The number of rotatable bonds is 6. The van der Waals surface area contributed by atoms with Gasteiger partial charge in [-0.15, -0.1) is 0 Å². The lowest BCUT2D eigenvalue weighted by Crippen LogP contribution is -2.08. The van der Waals surface area contributed by atoms with E-state index in [1.807, 2.05) is 36.4 Å². The van der Waals surface area contributed by atoms with Crippen molar-refractivity contribution in [3.05, 3.63) is 89.5 Å². The molecule has 0 spiro atoms. The van der Waals surface area contributed by atoms with Crippen LogP contribution in [0.1, 0.15) is 29.5 Å². The number of ether oxygens (including phenoxy) is 1. The third-order valence-electron chi connectivity index (χ3n) is 3.80. The van der Waals surface area contributed by atoms with Crippen molar-refractivity contribution < 1.29 is 9.53 Å².